The molecule has 0 saturated heterocycles. The van der Waals surface area contributed by atoms with E-state index in [1.54, 1.807) is 11.3 Å². The van der Waals surface area contributed by atoms with Crippen LogP contribution in [-0.2, 0) is 6.42 Å². The van der Waals surface area contributed by atoms with Crippen molar-refractivity contribution in [2.24, 2.45) is 5.92 Å². The predicted molar refractivity (Wildman–Crippen MR) is 45.7 cm³/mol. The van der Waals surface area contributed by atoms with E-state index in [1.807, 2.05) is 6.20 Å². The van der Waals surface area contributed by atoms with Crippen LogP contribution in [0, 0.1) is 5.92 Å². The average molecular weight is 176 g/mol. The molecule has 0 amide bonds. The summed E-state index contributed by atoms with van der Waals surface area (Å²) in [5, 5.41) is 0. The third-order valence-electron chi connectivity index (χ3n) is 1.13. The fraction of sp³-hybridized carbons (Fsp3) is 0.571. The molecule has 1 nitrogen and oxygen atoms in total. The predicted octanol–water partition coefficient (Wildman–Crippen LogP) is 3.00. The highest BCUT2D eigenvalue weighted by atomic mass is 35.5. The molecular formula is C7H10ClNS. The molecule has 0 aliphatic rings. The van der Waals surface area contributed by atoms with Gasteiger partial charge in [0.15, 0.2) is 4.47 Å². The summed E-state index contributed by atoms with van der Waals surface area (Å²) in [7, 11) is 0. The van der Waals surface area contributed by atoms with Crippen LogP contribution in [0.3, 0.4) is 0 Å². The van der Waals surface area contributed by atoms with Gasteiger partial charge in [0.05, 0.1) is 0 Å². The summed E-state index contributed by atoms with van der Waals surface area (Å²) >= 11 is 7.22. The molecule has 56 valence electrons. The number of hydrogen-bond acceptors (Lipinski definition) is 2. The smallest absolute Gasteiger partial charge is 0.183 e. The van der Waals surface area contributed by atoms with Crippen molar-refractivity contribution in [1.29, 1.82) is 0 Å². The van der Waals surface area contributed by atoms with Crippen molar-refractivity contribution >= 4 is 22.9 Å². The first-order chi connectivity index (χ1) is 4.68. The van der Waals surface area contributed by atoms with E-state index in [9.17, 15) is 0 Å². The summed E-state index contributed by atoms with van der Waals surface area (Å²) in [6.07, 6.45) is 2.94. The Morgan fingerprint density at radius 3 is 2.80 bits per heavy atom. The second kappa shape index (κ2) is 3.35. The van der Waals surface area contributed by atoms with Gasteiger partial charge in [-0.25, -0.2) is 4.98 Å². The van der Waals surface area contributed by atoms with Crippen molar-refractivity contribution in [1.82, 2.24) is 4.98 Å². The van der Waals surface area contributed by atoms with Gasteiger partial charge < -0.3 is 0 Å². The Balaban J connectivity index is 2.58. The van der Waals surface area contributed by atoms with Crippen molar-refractivity contribution in [3.05, 3.63) is 15.5 Å². The number of nitrogens with zero attached hydrogens (tertiary/aromatic N) is 1. The minimum absolute atomic E-state index is 0.649. The first-order valence-electron chi connectivity index (χ1n) is 3.28. The topological polar surface area (TPSA) is 12.9 Å². The number of halogens is 1. The lowest BCUT2D eigenvalue weighted by molar-refractivity contribution is 0.653. The summed E-state index contributed by atoms with van der Waals surface area (Å²) in [4.78, 5) is 5.23. The highest BCUT2D eigenvalue weighted by Gasteiger charge is 2.00. The molecule has 3 heteroatoms. The summed E-state index contributed by atoms with van der Waals surface area (Å²) in [6.45, 7) is 4.38. The molecule has 0 radical (unpaired) electrons. The molecule has 0 N–H and O–H groups in total. The maximum Gasteiger partial charge on any atom is 0.183 e. The van der Waals surface area contributed by atoms with Crippen LogP contribution in [0.1, 0.15) is 18.7 Å². The molecule has 0 unspecified atom stereocenters. The molecule has 0 bridgehead atoms. The van der Waals surface area contributed by atoms with Crippen LogP contribution in [0.4, 0.5) is 0 Å². The second-order valence-electron chi connectivity index (χ2n) is 2.68. The highest BCUT2D eigenvalue weighted by Crippen LogP contribution is 2.20. The van der Waals surface area contributed by atoms with Gasteiger partial charge in [-0.05, 0) is 12.3 Å². The summed E-state index contributed by atoms with van der Waals surface area (Å²) in [5.74, 6) is 0.691. The zero-order valence-electron chi connectivity index (χ0n) is 6.10. The monoisotopic (exact) mass is 175 g/mol. The van der Waals surface area contributed by atoms with Gasteiger partial charge in [-0.2, -0.15) is 0 Å². The zero-order valence-corrected chi connectivity index (χ0v) is 7.67. The molecule has 0 spiro atoms. The molecule has 0 atom stereocenters. The Hall–Kier alpha value is -0.0800. The quantitative estimate of drug-likeness (QED) is 0.674. The largest absolute Gasteiger partial charge is 0.233 e. The normalized spacial score (nSPS) is 10.8. The first-order valence-corrected chi connectivity index (χ1v) is 4.48. The van der Waals surface area contributed by atoms with Crippen molar-refractivity contribution in [3.63, 3.8) is 0 Å². The lowest BCUT2D eigenvalue weighted by atomic mass is 10.1. The van der Waals surface area contributed by atoms with Gasteiger partial charge in [-0.1, -0.05) is 25.4 Å². The molecule has 0 fully saturated rings. The molecule has 1 rings (SSSR count). The zero-order chi connectivity index (χ0) is 7.56. The molecule has 1 aromatic rings. The fourth-order valence-corrected chi connectivity index (χ4v) is 1.97. The third-order valence-corrected chi connectivity index (χ3v) is 2.27. The van der Waals surface area contributed by atoms with Crippen molar-refractivity contribution in [3.8, 4) is 0 Å². The van der Waals surface area contributed by atoms with Gasteiger partial charge in [0, 0.05) is 11.1 Å². The van der Waals surface area contributed by atoms with Crippen LogP contribution in [-0.4, -0.2) is 4.98 Å². The van der Waals surface area contributed by atoms with E-state index in [4.69, 9.17) is 11.6 Å². The van der Waals surface area contributed by atoms with E-state index >= 15 is 0 Å². The molecule has 0 saturated carbocycles. The van der Waals surface area contributed by atoms with Crippen LogP contribution < -0.4 is 0 Å². The molecular weight excluding hydrogens is 166 g/mol. The minimum atomic E-state index is 0.649. The Morgan fingerprint density at radius 1 is 1.70 bits per heavy atom. The summed E-state index contributed by atoms with van der Waals surface area (Å²) in [6, 6.07) is 0. The van der Waals surface area contributed by atoms with Crippen LogP contribution in [0.15, 0.2) is 6.20 Å². The lowest BCUT2D eigenvalue weighted by Crippen LogP contribution is -1.89. The maximum absolute atomic E-state index is 5.65. The first kappa shape index (κ1) is 8.02. The standard InChI is InChI=1S/C7H10ClNS/c1-5(2)3-6-4-9-7(8)10-6/h4-5H,3H2,1-2H3. The van der Waals surface area contributed by atoms with Gasteiger partial charge in [0.1, 0.15) is 0 Å². The van der Waals surface area contributed by atoms with Crippen molar-refractivity contribution in [2.75, 3.05) is 0 Å². The van der Waals surface area contributed by atoms with E-state index in [0.717, 1.165) is 6.42 Å². The minimum Gasteiger partial charge on any atom is -0.233 e. The maximum atomic E-state index is 5.65. The molecule has 1 aromatic heterocycles. The van der Waals surface area contributed by atoms with Crippen molar-refractivity contribution < 1.29 is 0 Å². The van der Waals surface area contributed by atoms with Gasteiger partial charge >= 0.3 is 0 Å². The van der Waals surface area contributed by atoms with E-state index in [1.165, 1.54) is 4.88 Å². The van der Waals surface area contributed by atoms with Crippen LogP contribution in [0.5, 0.6) is 0 Å². The summed E-state index contributed by atoms with van der Waals surface area (Å²) in [5.41, 5.74) is 0. The van der Waals surface area contributed by atoms with E-state index in [0.29, 0.717) is 10.4 Å². The molecule has 0 aliphatic carbocycles. The number of aromatic nitrogens is 1. The Bertz CT molecular complexity index is 207. The van der Waals surface area contributed by atoms with E-state index in [2.05, 4.69) is 18.8 Å². The van der Waals surface area contributed by atoms with E-state index < -0.39 is 0 Å². The molecule has 0 aromatic carbocycles. The van der Waals surface area contributed by atoms with Gasteiger partial charge in [0.25, 0.3) is 0 Å². The average Bonchev–Trinajstić information content (AvgIpc) is 2.13. The van der Waals surface area contributed by atoms with Gasteiger partial charge in [0.2, 0.25) is 0 Å². The molecule has 10 heavy (non-hydrogen) atoms. The number of rotatable bonds is 2. The Morgan fingerprint density at radius 2 is 2.40 bits per heavy atom. The molecule has 1 heterocycles. The van der Waals surface area contributed by atoms with Crippen LogP contribution in [0.2, 0.25) is 4.47 Å². The van der Waals surface area contributed by atoms with Crippen molar-refractivity contribution in [2.45, 2.75) is 20.3 Å². The van der Waals surface area contributed by atoms with E-state index in [-0.39, 0.29) is 0 Å². The number of thiazole rings is 1. The van der Waals surface area contributed by atoms with Crippen LogP contribution >= 0.6 is 22.9 Å². The number of hydrogen-bond donors (Lipinski definition) is 0. The van der Waals surface area contributed by atoms with Crippen LogP contribution in [0.25, 0.3) is 0 Å². The van der Waals surface area contributed by atoms with Gasteiger partial charge in [-0.3, -0.25) is 0 Å². The lowest BCUT2D eigenvalue weighted by Gasteiger charge is -1.97. The summed E-state index contributed by atoms with van der Waals surface area (Å²) < 4.78 is 0.649. The SMILES string of the molecule is CC(C)Cc1cnc(Cl)s1. The Kier molecular flexibility index (Phi) is 2.69. The second-order valence-corrected chi connectivity index (χ2v) is 4.37. The molecule has 0 aliphatic heterocycles. The third kappa shape index (κ3) is 2.27. The highest BCUT2D eigenvalue weighted by molar-refractivity contribution is 7.15. The Labute approximate surface area is 70.1 Å². The fourth-order valence-electron chi connectivity index (χ4n) is 0.780. The van der Waals surface area contributed by atoms with Gasteiger partial charge in [-0.15, -0.1) is 11.3 Å².